The molecule has 8 nitrogen and oxygen atoms in total. The van der Waals surface area contributed by atoms with Gasteiger partial charge in [-0.1, -0.05) is 17.7 Å². The number of halogens is 2. The van der Waals surface area contributed by atoms with Crippen molar-refractivity contribution in [3.8, 4) is 11.5 Å². The van der Waals surface area contributed by atoms with Crippen molar-refractivity contribution in [3.63, 3.8) is 0 Å². The Morgan fingerprint density at radius 1 is 1.32 bits per heavy atom. The van der Waals surface area contributed by atoms with Crippen molar-refractivity contribution in [2.24, 2.45) is 5.10 Å². The first-order valence-electron chi connectivity index (χ1n) is 7.88. The number of anilines is 1. The van der Waals surface area contributed by atoms with Gasteiger partial charge in [-0.2, -0.15) is 5.10 Å². The average molecular weight is 489 g/mol. The molecule has 3 rings (SSSR count). The van der Waals surface area contributed by atoms with E-state index in [2.05, 4.69) is 26.5 Å². The molecule has 0 spiro atoms. The third kappa shape index (κ3) is 4.94. The fourth-order valence-corrected chi connectivity index (χ4v) is 3.86. The molecule has 0 aliphatic carbocycles. The monoisotopic (exact) mass is 487 g/mol. The molecule has 0 aromatic heterocycles. The first-order chi connectivity index (χ1) is 13.2. The topological polar surface area (TPSA) is 97.3 Å². The molecule has 2 aromatic rings. The highest BCUT2D eigenvalue weighted by molar-refractivity contribution is 9.10. The van der Waals surface area contributed by atoms with Crippen LogP contribution in [0.1, 0.15) is 5.56 Å². The van der Waals surface area contributed by atoms with Crippen molar-refractivity contribution in [1.82, 2.24) is 5.43 Å². The van der Waals surface area contributed by atoms with Gasteiger partial charge in [-0.3, -0.25) is 9.10 Å². The zero-order valence-electron chi connectivity index (χ0n) is 14.6. The number of sulfonamides is 1. The summed E-state index contributed by atoms with van der Waals surface area (Å²) in [6, 6.07) is 9.66. The number of carbonyl (C=O) groups excluding carboxylic acids is 1. The van der Waals surface area contributed by atoms with E-state index >= 15 is 0 Å². The third-order valence-electron chi connectivity index (χ3n) is 3.67. The highest BCUT2D eigenvalue weighted by Crippen LogP contribution is 2.36. The molecule has 0 unspecified atom stereocenters. The standard InChI is InChI=1S/C17H15BrClN3O5S/c1-28(24,25)22(13-4-2-3-12(19)6-13)9-17(23)21-20-8-11-5-15-16(7-14(11)18)27-10-26-15/h2-8H,9-10H2,1H3,(H,21,23). The summed E-state index contributed by atoms with van der Waals surface area (Å²) in [5, 5.41) is 4.23. The van der Waals surface area contributed by atoms with Gasteiger partial charge in [0.1, 0.15) is 6.54 Å². The van der Waals surface area contributed by atoms with E-state index in [0.717, 1.165) is 10.6 Å². The maximum Gasteiger partial charge on any atom is 0.260 e. The Morgan fingerprint density at radius 2 is 2.04 bits per heavy atom. The van der Waals surface area contributed by atoms with Gasteiger partial charge in [0, 0.05) is 15.1 Å². The molecule has 1 amide bonds. The number of hydrogen-bond acceptors (Lipinski definition) is 6. The van der Waals surface area contributed by atoms with E-state index in [9.17, 15) is 13.2 Å². The van der Waals surface area contributed by atoms with Crippen LogP contribution in [0.3, 0.4) is 0 Å². The highest BCUT2D eigenvalue weighted by Gasteiger charge is 2.21. The Morgan fingerprint density at radius 3 is 2.71 bits per heavy atom. The molecule has 1 aliphatic rings. The summed E-state index contributed by atoms with van der Waals surface area (Å²) in [7, 11) is -3.70. The molecule has 1 heterocycles. The van der Waals surface area contributed by atoms with E-state index in [-0.39, 0.29) is 12.5 Å². The summed E-state index contributed by atoms with van der Waals surface area (Å²) >= 11 is 9.29. The number of hydrazone groups is 1. The number of benzene rings is 2. The Kier molecular flexibility index (Phi) is 6.11. The van der Waals surface area contributed by atoms with E-state index in [1.807, 2.05) is 0 Å². The Hall–Kier alpha value is -2.30. The number of rotatable bonds is 6. The molecular weight excluding hydrogens is 474 g/mol. The molecule has 11 heteroatoms. The lowest BCUT2D eigenvalue weighted by atomic mass is 10.2. The molecule has 2 aromatic carbocycles. The van der Waals surface area contributed by atoms with Crippen molar-refractivity contribution in [1.29, 1.82) is 0 Å². The zero-order chi connectivity index (χ0) is 20.3. The number of carbonyl (C=O) groups is 1. The summed E-state index contributed by atoms with van der Waals surface area (Å²) in [5.74, 6) is 0.567. The van der Waals surface area contributed by atoms with Crippen LogP contribution in [0.25, 0.3) is 0 Å². The van der Waals surface area contributed by atoms with Crippen LogP contribution < -0.4 is 19.2 Å². The Bertz CT molecular complexity index is 1050. The van der Waals surface area contributed by atoms with Gasteiger partial charge in [0.25, 0.3) is 5.91 Å². The van der Waals surface area contributed by atoms with Crippen LogP contribution in [-0.4, -0.2) is 40.1 Å². The lowest BCUT2D eigenvalue weighted by Crippen LogP contribution is -2.39. The van der Waals surface area contributed by atoms with Crippen molar-refractivity contribution < 1.29 is 22.7 Å². The van der Waals surface area contributed by atoms with Crippen molar-refractivity contribution >= 4 is 55.4 Å². The van der Waals surface area contributed by atoms with E-state index in [0.29, 0.717) is 26.6 Å². The van der Waals surface area contributed by atoms with Gasteiger partial charge in [0.15, 0.2) is 11.5 Å². The predicted molar refractivity (Wildman–Crippen MR) is 110 cm³/mol. The number of amides is 1. The van der Waals surface area contributed by atoms with E-state index in [1.165, 1.54) is 12.3 Å². The van der Waals surface area contributed by atoms with Crippen molar-refractivity contribution in [2.45, 2.75) is 0 Å². The Balaban J connectivity index is 1.69. The maximum atomic E-state index is 12.2. The number of nitrogens with zero attached hydrogens (tertiary/aromatic N) is 2. The minimum absolute atomic E-state index is 0.143. The van der Waals surface area contributed by atoms with Crippen LogP contribution in [0.5, 0.6) is 11.5 Å². The smallest absolute Gasteiger partial charge is 0.260 e. The molecule has 0 radical (unpaired) electrons. The zero-order valence-corrected chi connectivity index (χ0v) is 17.7. The minimum Gasteiger partial charge on any atom is -0.454 e. The second kappa shape index (κ2) is 8.38. The van der Waals surface area contributed by atoms with Crippen molar-refractivity contribution in [3.05, 3.63) is 51.5 Å². The number of nitrogens with one attached hydrogen (secondary N) is 1. The van der Waals surface area contributed by atoms with Gasteiger partial charge >= 0.3 is 0 Å². The Labute approximate surface area is 175 Å². The number of fused-ring (bicyclic) bond motifs is 1. The highest BCUT2D eigenvalue weighted by atomic mass is 79.9. The first-order valence-corrected chi connectivity index (χ1v) is 10.9. The molecule has 1 N–H and O–H groups in total. The number of hydrogen-bond donors (Lipinski definition) is 1. The van der Waals surface area contributed by atoms with Crippen LogP contribution in [-0.2, 0) is 14.8 Å². The summed E-state index contributed by atoms with van der Waals surface area (Å²) in [6.07, 6.45) is 2.42. The second-order valence-electron chi connectivity index (χ2n) is 5.77. The summed E-state index contributed by atoms with van der Waals surface area (Å²) in [5.41, 5.74) is 3.25. The number of ether oxygens (including phenoxy) is 2. The third-order valence-corrected chi connectivity index (χ3v) is 5.73. The van der Waals surface area contributed by atoms with Crippen LogP contribution >= 0.6 is 27.5 Å². The molecule has 0 saturated carbocycles. The van der Waals surface area contributed by atoms with E-state index in [4.69, 9.17) is 21.1 Å². The second-order valence-corrected chi connectivity index (χ2v) is 8.97. The van der Waals surface area contributed by atoms with Gasteiger partial charge in [-0.25, -0.2) is 13.8 Å². The fourth-order valence-electron chi connectivity index (χ4n) is 2.40. The minimum atomic E-state index is -3.70. The quantitative estimate of drug-likeness (QED) is 0.498. The van der Waals surface area contributed by atoms with E-state index in [1.54, 1.807) is 30.3 Å². The molecule has 0 saturated heterocycles. The normalized spacial score (nSPS) is 13.0. The largest absolute Gasteiger partial charge is 0.454 e. The fraction of sp³-hybridized carbons (Fsp3) is 0.176. The molecule has 148 valence electrons. The summed E-state index contributed by atoms with van der Waals surface area (Å²) in [4.78, 5) is 12.2. The van der Waals surface area contributed by atoms with Crippen molar-refractivity contribution in [2.75, 3.05) is 23.9 Å². The molecule has 0 bridgehead atoms. The van der Waals surface area contributed by atoms with Crippen LogP contribution in [0.2, 0.25) is 5.02 Å². The summed E-state index contributed by atoms with van der Waals surface area (Å²) in [6.45, 7) is -0.303. The first kappa shape index (κ1) is 20.4. The predicted octanol–water partition coefficient (Wildman–Crippen LogP) is 2.75. The maximum absolute atomic E-state index is 12.2. The van der Waals surface area contributed by atoms with Crippen LogP contribution in [0, 0.1) is 0 Å². The summed E-state index contributed by atoms with van der Waals surface area (Å²) < 4.78 is 36.3. The van der Waals surface area contributed by atoms with Gasteiger partial charge in [0.05, 0.1) is 18.2 Å². The van der Waals surface area contributed by atoms with Crippen LogP contribution in [0.4, 0.5) is 5.69 Å². The van der Waals surface area contributed by atoms with Gasteiger partial charge in [0.2, 0.25) is 16.8 Å². The average Bonchev–Trinajstić information content (AvgIpc) is 3.06. The molecule has 1 aliphatic heterocycles. The molecule has 0 fully saturated rings. The molecule has 0 atom stereocenters. The molecule has 28 heavy (non-hydrogen) atoms. The lowest BCUT2D eigenvalue weighted by Gasteiger charge is -2.21. The lowest BCUT2D eigenvalue weighted by molar-refractivity contribution is -0.119. The van der Waals surface area contributed by atoms with Gasteiger partial charge in [-0.05, 0) is 46.3 Å². The van der Waals surface area contributed by atoms with Crippen LogP contribution in [0.15, 0.2) is 46.0 Å². The van der Waals surface area contributed by atoms with Gasteiger partial charge in [-0.15, -0.1) is 0 Å². The molecular formula is C17H15BrClN3O5S. The van der Waals surface area contributed by atoms with E-state index < -0.39 is 22.5 Å². The van der Waals surface area contributed by atoms with Gasteiger partial charge < -0.3 is 9.47 Å². The SMILES string of the molecule is CS(=O)(=O)N(CC(=O)NN=Cc1cc2c(cc1Br)OCO2)c1cccc(Cl)c1.